The molecule has 1 amide bonds. The summed E-state index contributed by atoms with van der Waals surface area (Å²) >= 11 is 0. The van der Waals surface area contributed by atoms with Gasteiger partial charge in [-0.25, -0.2) is 0 Å². The number of benzene rings is 1. The van der Waals surface area contributed by atoms with Crippen LogP contribution in [0.2, 0.25) is 0 Å². The Morgan fingerprint density at radius 1 is 1.11 bits per heavy atom. The minimum absolute atomic E-state index is 0.212. The Balaban J connectivity index is 1.64. The molecule has 28 heavy (non-hydrogen) atoms. The maximum atomic E-state index is 12.7. The Hall–Kier alpha value is -2.96. The van der Waals surface area contributed by atoms with Crippen LogP contribution in [0, 0.1) is 5.92 Å². The van der Waals surface area contributed by atoms with Gasteiger partial charge >= 0.3 is 6.18 Å². The number of halogens is 3. The number of alkyl halides is 3. The van der Waals surface area contributed by atoms with E-state index in [0.717, 1.165) is 12.1 Å². The number of likely N-dealkylation sites (tertiary alicyclic amines) is 1. The average Bonchev–Trinajstić information content (AvgIpc) is 2.72. The molecule has 1 aromatic heterocycles. The van der Waals surface area contributed by atoms with E-state index in [1.807, 2.05) is 6.07 Å². The highest BCUT2D eigenvalue weighted by atomic mass is 19.4. The van der Waals surface area contributed by atoms with Gasteiger partial charge in [-0.15, -0.1) is 0 Å². The Morgan fingerprint density at radius 3 is 2.50 bits per heavy atom. The molecule has 0 spiro atoms. The fourth-order valence-electron chi connectivity index (χ4n) is 3.19. The summed E-state index contributed by atoms with van der Waals surface area (Å²) in [4.78, 5) is 30.8. The first-order valence-corrected chi connectivity index (χ1v) is 8.94. The molecule has 1 aliphatic heterocycles. The summed E-state index contributed by atoms with van der Waals surface area (Å²) < 4.78 is 38.0. The minimum atomic E-state index is -4.43. The van der Waals surface area contributed by atoms with Gasteiger partial charge in [0, 0.05) is 36.8 Å². The highest BCUT2D eigenvalue weighted by molar-refractivity contribution is 5.99. The fraction of sp³-hybridized carbons (Fsp3) is 0.286. The second-order valence-electron chi connectivity index (χ2n) is 6.65. The molecule has 0 bridgehead atoms. The third-order valence-electron chi connectivity index (χ3n) is 4.69. The minimum Gasteiger partial charge on any atom is -0.338 e. The van der Waals surface area contributed by atoms with E-state index in [2.05, 4.69) is 4.98 Å². The van der Waals surface area contributed by atoms with Gasteiger partial charge in [0.25, 0.3) is 0 Å². The van der Waals surface area contributed by atoms with Gasteiger partial charge in [0.15, 0.2) is 5.78 Å². The molecule has 146 valence electrons. The van der Waals surface area contributed by atoms with E-state index in [-0.39, 0.29) is 23.8 Å². The van der Waals surface area contributed by atoms with E-state index in [4.69, 9.17) is 0 Å². The molecular formula is C21H19F3N2O2. The van der Waals surface area contributed by atoms with Crippen LogP contribution in [0.5, 0.6) is 0 Å². The SMILES string of the molecule is O=C(c1ccc(C(F)(F)F)cc1)[C@@H]1CCCN(C(=O)/C=C/c2ccccn2)C1. The molecule has 0 aliphatic carbocycles. The van der Waals surface area contributed by atoms with Crippen molar-refractivity contribution in [3.63, 3.8) is 0 Å². The lowest BCUT2D eigenvalue weighted by Crippen LogP contribution is -2.41. The number of piperidine rings is 1. The van der Waals surface area contributed by atoms with Crippen molar-refractivity contribution in [2.75, 3.05) is 13.1 Å². The number of carbonyl (C=O) groups is 2. The van der Waals surface area contributed by atoms with Crippen molar-refractivity contribution in [2.45, 2.75) is 19.0 Å². The van der Waals surface area contributed by atoms with Crippen LogP contribution in [0.25, 0.3) is 6.08 Å². The van der Waals surface area contributed by atoms with Gasteiger partial charge in [0.2, 0.25) is 5.91 Å². The number of rotatable bonds is 4. The van der Waals surface area contributed by atoms with Gasteiger partial charge in [-0.05, 0) is 43.2 Å². The number of hydrogen-bond acceptors (Lipinski definition) is 3. The molecule has 7 heteroatoms. The van der Waals surface area contributed by atoms with Crippen LogP contribution in [0.1, 0.15) is 34.5 Å². The number of pyridine rings is 1. The summed E-state index contributed by atoms with van der Waals surface area (Å²) in [6.07, 6.45) is 1.50. The van der Waals surface area contributed by atoms with Crippen molar-refractivity contribution in [3.05, 3.63) is 71.6 Å². The number of nitrogens with zero attached hydrogens (tertiary/aromatic N) is 2. The lowest BCUT2D eigenvalue weighted by Gasteiger charge is -2.31. The fourth-order valence-corrected chi connectivity index (χ4v) is 3.19. The first-order chi connectivity index (χ1) is 13.3. The van der Waals surface area contributed by atoms with E-state index in [1.165, 1.54) is 18.2 Å². The Morgan fingerprint density at radius 2 is 1.86 bits per heavy atom. The number of amides is 1. The highest BCUT2D eigenvalue weighted by Gasteiger charge is 2.32. The summed E-state index contributed by atoms with van der Waals surface area (Å²) in [5.74, 6) is -0.867. The second kappa shape index (κ2) is 8.37. The van der Waals surface area contributed by atoms with Crippen LogP contribution in [-0.4, -0.2) is 34.7 Å². The van der Waals surface area contributed by atoms with Crippen molar-refractivity contribution in [1.82, 2.24) is 9.88 Å². The highest BCUT2D eigenvalue weighted by Crippen LogP contribution is 2.30. The number of hydrogen-bond donors (Lipinski definition) is 0. The maximum Gasteiger partial charge on any atom is 0.416 e. The Bertz CT molecular complexity index is 861. The molecule has 1 fully saturated rings. The van der Waals surface area contributed by atoms with Crippen molar-refractivity contribution >= 4 is 17.8 Å². The van der Waals surface area contributed by atoms with Crippen molar-refractivity contribution < 1.29 is 22.8 Å². The number of ketones is 1. The van der Waals surface area contributed by atoms with Crippen molar-refractivity contribution in [1.29, 1.82) is 0 Å². The molecule has 0 radical (unpaired) electrons. The molecule has 1 saturated heterocycles. The van der Waals surface area contributed by atoms with Gasteiger partial charge in [0.05, 0.1) is 11.3 Å². The van der Waals surface area contributed by atoms with Gasteiger partial charge < -0.3 is 4.90 Å². The predicted molar refractivity (Wildman–Crippen MR) is 98.3 cm³/mol. The number of carbonyl (C=O) groups excluding carboxylic acids is 2. The summed E-state index contributed by atoms with van der Waals surface area (Å²) in [6, 6.07) is 9.60. The molecule has 3 rings (SSSR count). The summed E-state index contributed by atoms with van der Waals surface area (Å²) in [5.41, 5.74) is 0.103. The van der Waals surface area contributed by atoms with E-state index in [0.29, 0.717) is 25.1 Å². The van der Waals surface area contributed by atoms with Gasteiger partial charge in [-0.1, -0.05) is 18.2 Å². The van der Waals surface area contributed by atoms with Crippen molar-refractivity contribution in [2.24, 2.45) is 5.92 Å². The first-order valence-electron chi connectivity index (χ1n) is 8.94. The molecule has 4 nitrogen and oxygen atoms in total. The molecule has 1 aromatic carbocycles. The molecule has 0 saturated carbocycles. The largest absolute Gasteiger partial charge is 0.416 e. The third-order valence-corrected chi connectivity index (χ3v) is 4.69. The Kier molecular flexibility index (Phi) is 5.92. The zero-order valence-corrected chi connectivity index (χ0v) is 15.0. The van der Waals surface area contributed by atoms with Crippen LogP contribution in [0.4, 0.5) is 13.2 Å². The normalized spacial score (nSPS) is 17.7. The van der Waals surface area contributed by atoms with Crippen molar-refractivity contribution in [3.8, 4) is 0 Å². The van der Waals surface area contributed by atoms with E-state index in [1.54, 1.807) is 29.3 Å². The summed E-state index contributed by atoms with van der Waals surface area (Å²) in [5, 5.41) is 0. The monoisotopic (exact) mass is 388 g/mol. The van der Waals surface area contributed by atoms with E-state index in [9.17, 15) is 22.8 Å². The van der Waals surface area contributed by atoms with Gasteiger partial charge in [0.1, 0.15) is 0 Å². The molecule has 2 heterocycles. The van der Waals surface area contributed by atoms with Gasteiger partial charge in [-0.2, -0.15) is 13.2 Å². The smallest absolute Gasteiger partial charge is 0.338 e. The second-order valence-corrected chi connectivity index (χ2v) is 6.65. The van der Waals surface area contributed by atoms with Crippen LogP contribution in [0.3, 0.4) is 0 Å². The van der Waals surface area contributed by atoms with E-state index >= 15 is 0 Å². The molecule has 2 aromatic rings. The zero-order valence-electron chi connectivity index (χ0n) is 15.0. The van der Waals surface area contributed by atoms with E-state index < -0.39 is 17.7 Å². The number of Topliss-reactive ketones (excluding diaryl/α,β-unsaturated/α-hetero) is 1. The average molecular weight is 388 g/mol. The lowest BCUT2D eigenvalue weighted by molar-refractivity contribution is -0.137. The summed E-state index contributed by atoms with van der Waals surface area (Å²) in [7, 11) is 0. The third kappa shape index (κ3) is 4.85. The first kappa shape index (κ1) is 19.8. The molecular weight excluding hydrogens is 369 g/mol. The van der Waals surface area contributed by atoms with Crippen LogP contribution in [-0.2, 0) is 11.0 Å². The zero-order chi connectivity index (χ0) is 20.1. The van der Waals surface area contributed by atoms with Crippen LogP contribution in [0.15, 0.2) is 54.7 Å². The Labute approximate surface area is 160 Å². The predicted octanol–water partition coefficient (Wildman–Crippen LogP) is 4.24. The maximum absolute atomic E-state index is 12.7. The quantitative estimate of drug-likeness (QED) is 0.582. The van der Waals surface area contributed by atoms with Gasteiger partial charge in [-0.3, -0.25) is 14.6 Å². The number of aromatic nitrogens is 1. The standard InChI is InChI=1S/C21H19F3N2O2/c22-21(23,24)17-8-6-15(7-9-17)20(28)16-4-3-13-26(14-16)19(27)11-10-18-5-1-2-12-25-18/h1-2,5-12,16H,3-4,13-14H2/b11-10+/t16-/m1/s1. The topological polar surface area (TPSA) is 50.3 Å². The molecule has 1 aliphatic rings. The molecule has 0 N–H and O–H groups in total. The van der Waals surface area contributed by atoms with Crippen LogP contribution < -0.4 is 0 Å². The molecule has 1 atom stereocenters. The summed E-state index contributed by atoms with van der Waals surface area (Å²) in [6.45, 7) is 0.799. The molecule has 0 unspecified atom stereocenters. The van der Waals surface area contributed by atoms with Crippen LogP contribution >= 0.6 is 0 Å². The lowest BCUT2D eigenvalue weighted by atomic mass is 9.89.